The van der Waals surface area contributed by atoms with Crippen molar-refractivity contribution in [2.45, 2.75) is 45.3 Å². The Hall–Kier alpha value is -2.16. The van der Waals surface area contributed by atoms with Crippen LogP contribution in [0, 0.1) is 0 Å². The van der Waals surface area contributed by atoms with Gasteiger partial charge in [0.1, 0.15) is 5.01 Å². The average molecular weight is 482 g/mol. The molecule has 0 spiro atoms. The van der Waals surface area contributed by atoms with Gasteiger partial charge in [-0.1, -0.05) is 30.3 Å². The van der Waals surface area contributed by atoms with Crippen molar-refractivity contribution in [2.75, 3.05) is 31.6 Å². The van der Waals surface area contributed by atoms with Crippen molar-refractivity contribution in [3.63, 3.8) is 0 Å². The number of rotatable bonds is 6. The van der Waals surface area contributed by atoms with Crippen LogP contribution < -0.4 is 0 Å². The lowest BCUT2D eigenvalue weighted by atomic mass is 9.90. The lowest BCUT2D eigenvalue weighted by molar-refractivity contribution is 0.0763. The average Bonchev–Trinajstić information content (AvgIpc) is 3.49. The van der Waals surface area contributed by atoms with Crippen LogP contribution in [0.1, 0.15) is 40.1 Å². The maximum atomic E-state index is 13.3. The highest BCUT2D eigenvalue weighted by Crippen LogP contribution is 2.30. The molecule has 3 aromatic rings. The molecule has 0 radical (unpaired) electrons. The summed E-state index contributed by atoms with van der Waals surface area (Å²) in [7, 11) is 2.19. The number of hydrogen-bond acceptors (Lipinski definition) is 6. The van der Waals surface area contributed by atoms with Crippen LogP contribution in [0.3, 0.4) is 0 Å². The van der Waals surface area contributed by atoms with Gasteiger partial charge >= 0.3 is 0 Å². The Kier molecular flexibility index (Phi) is 6.85. The molecule has 1 fully saturated rings. The van der Waals surface area contributed by atoms with Crippen LogP contribution in [0.4, 0.5) is 0 Å². The minimum absolute atomic E-state index is 0.120. The number of thioether (sulfide) groups is 1. The summed E-state index contributed by atoms with van der Waals surface area (Å²) < 4.78 is 2.06. The number of aromatic nitrogens is 3. The molecule has 5 rings (SSSR count). The molecule has 1 aliphatic carbocycles. The van der Waals surface area contributed by atoms with E-state index in [1.807, 2.05) is 22.7 Å². The monoisotopic (exact) mass is 481 g/mol. The number of benzene rings is 1. The quantitative estimate of drug-likeness (QED) is 0.528. The predicted molar refractivity (Wildman–Crippen MR) is 136 cm³/mol. The van der Waals surface area contributed by atoms with Gasteiger partial charge in [0.15, 0.2) is 5.69 Å². The number of carbonyl (C=O) groups excluding carboxylic acids is 1. The highest BCUT2D eigenvalue weighted by atomic mass is 32.2. The summed E-state index contributed by atoms with van der Waals surface area (Å²) in [5, 5.41) is 8.07. The molecule has 1 aliphatic heterocycles. The molecule has 1 atom stereocenters. The Balaban J connectivity index is 1.31. The SMILES string of the molecule is CCn1nc(C(=O)N2CCSCC2)c2c1CCC(N(C)Cc1nc(-c3ccccc3)cs1)C2. The van der Waals surface area contributed by atoms with E-state index in [1.165, 1.54) is 11.3 Å². The number of carbonyl (C=O) groups is 1. The Morgan fingerprint density at radius 1 is 1.21 bits per heavy atom. The second kappa shape index (κ2) is 9.99. The minimum atomic E-state index is 0.120. The summed E-state index contributed by atoms with van der Waals surface area (Å²) in [5.41, 5.74) is 5.34. The molecule has 2 aromatic heterocycles. The van der Waals surface area contributed by atoms with Crippen molar-refractivity contribution in [2.24, 2.45) is 0 Å². The Morgan fingerprint density at radius 3 is 2.76 bits per heavy atom. The van der Waals surface area contributed by atoms with E-state index in [1.54, 1.807) is 11.3 Å². The summed E-state index contributed by atoms with van der Waals surface area (Å²) in [6.07, 6.45) is 2.94. The molecule has 3 heterocycles. The third kappa shape index (κ3) is 4.74. The van der Waals surface area contributed by atoms with E-state index in [0.717, 1.165) is 73.2 Å². The summed E-state index contributed by atoms with van der Waals surface area (Å²) in [5.74, 6) is 2.16. The van der Waals surface area contributed by atoms with Crippen molar-refractivity contribution in [1.29, 1.82) is 0 Å². The molecule has 0 saturated carbocycles. The molecule has 2 aliphatic rings. The highest BCUT2D eigenvalue weighted by Gasteiger charge is 2.32. The first-order valence-electron chi connectivity index (χ1n) is 11.8. The molecular formula is C25H31N5OS2. The summed E-state index contributed by atoms with van der Waals surface area (Å²) in [6.45, 7) is 5.41. The number of likely N-dealkylation sites (N-methyl/N-ethyl adjacent to an activating group) is 1. The smallest absolute Gasteiger partial charge is 0.274 e. The van der Waals surface area contributed by atoms with Crippen LogP contribution in [0.25, 0.3) is 11.3 Å². The first-order valence-corrected chi connectivity index (χ1v) is 13.8. The third-order valence-corrected chi connectivity index (χ3v) is 8.53. The summed E-state index contributed by atoms with van der Waals surface area (Å²) in [4.78, 5) is 22.6. The normalized spacial score (nSPS) is 18.5. The summed E-state index contributed by atoms with van der Waals surface area (Å²) in [6, 6.07) is 10.7. The van der Waals surface area contributed by atoms with Gasteiger partial charge in [-0.25, -0.2) is 4.98 Å². The Morgan fingerprint density at radius 2 is 2.00 bits per heavy atom. The van der Waals surface area contributed by atoms with Gasteiger partial charge in [-0.05, 0) is 33.2 Å². The van der Waals surface area contributed by atoms with E-state index in [-0.39, 0.29) is 5.91 Å². The van der Waals surface area contributed by atoms with Crippen molar-refractivity contribution < 1.29 is 4.79 Å². The maximum absolute atomic E-state index is 13.3. The van der Waals surface area contributed by atoms with Crippen LogP contribution >= 0.6 is 23.1 Å². The van der Waals surface area contributed by atoms with Crippen molar-refractivity contribution in [3.8, 4) is 11.3 Å². The van der Waals surface area contributed by atoms with E-state index in [9.17, 15) is 4.79 Å². The van der Waals surface area contributed by atoms with Gasteiger partial charge in [-0.15, -0.1) is 11.3 Å². The lowest BCUT2D eigenvalue weighted by Crippen LogP contribution is -2.40. The lowest BCUT2D eigenvalue weighted by Gasteiger charge is -2.31. The van der Waals surface area contributed by atoms with Crippen LogP contribution in [0.15, 0.2) is 35.7 Å². The second-order valence-corrected chi connectivity index (χ2v) is 11.0. The molecule has 174 valence electrons. The fourth-order valence-electron chi connectivity index (χ4n) is 4.86. The maximum Gasteiger partial charge on any atom is 0.274 e. The zero-order valence-corrected chi connectivity index (χ0v) is 21.0. The number of aryl methyl sites for hydroxylation is 1. The van der Waals surface area contributed by atoms with Crippen LogP contribution in [0.2, 0.25) is 0 Å². The van der Waals surface area contributed by atoms with Crippen LogP contribution in [-0.4, -0.2) is 68.2 Å². The molecule has 1 aromatic carbocycles. The zero-order valence-electron chi connectivity index (χ0n) is 19.4. The molecule has 0 bridgehead atoms. The highest BCUT2D eigenvalue weighted by molar-refractivity contribution is 7.99. The molecule has 6 nitrogen and oxygen atoms in total. The van der Waals surface area contributed by atoms with Gasteiger partial charge in [-0.3, -0.25) is 14.4 Å². The van der Waals surface area contributed by atoms with E-state index < -0.39 is 0 Å². The van der Waals surface area contributed by atoms with Gasteiger partial charge in [0.25, 0.3) is 5.91 Å². The number of amides is 1. The Bertz CT molecular complexity index is 1100. The first-order chi connectivity index (χ1) is 16.1. The molecule has 1 amide bonds. The van der Waals surface area contributed by atoms with Gasteiger partial charge in [0.2, 0.25) is 0 Å². The molecule has 33 heavy (non-hydrogen) atoms. The van der Waals surface area contributed by atoms with Gasteiger partial charge in [-0.2, -0.15) is 16.9 Å². The topological polar surface area (TPSA) is 54.3 Å². The minimum Gasteiger partial charge on any atom is -0.336 e. The van der Waals surface area contributed by atoms with Crippen molar-refractivity contribution >= 4 is 29.0 Å². The fraction of sp³-hybridized carbons (Fsp3) is 0.480. The van der Waals surface area contributed by atoms with Crippen molar-refractivity contribution in [3.05, 3.63) is 57.7 Å². The molecule has 0 N–H and O–H groups in total. The fourth-order valence-corrected chi connectivity index (χ4v) is 6.63. The van der Waals surface area contributed by atoms with E-state index >= 15 is 0 Å². The van der Waals surface area contributed by atoms with E-state index in [4.69, 9.17) is 10.1 Å². The van der Waals surface area contributed by atoms with Crippen LogP contribution in [-0.2, 0) is 25.9 Å². The van der Waals surface area contributed by atoms with Gasteiger partial charge in [0, 0.05) is 59.4 Å². The van der Waals surface area contributed by atoms with E-state index in [2.05, 4.69) is 53.2 Å². The Labute approximate surface area is 204 Å². The second-order valence-electron chi connectivity index (χ2n) is 8.80. The molecule has 8 heteroatoms. The van der Waals surface area contributed by atoms with Crippen molar-refractivity contribution in [1.82, 2.24) is 24.6 Å². The molecule has 1 unspecified atom stereocenters. The standard InChI is InChI=1S/C25H31N5OS2/c1-3-30-22-10-9-19(15-20(22)24(27-30)25(31)29-11-13-32-14-12-29)28(2)16-23-26-21(17-33-23)18-7-5-4-6-8-18/h4-8,17,19H,3,9-16H2,1-2H3. The number of fused-ring (bicyclic) bond motifs is 1. The molecule has 1 saturated heterocycles. The summed E-state index contributed by atoms with van der Waals surface area (Å²) >= 11 is 3.65. The van der Waals surface area contributed by atoms with E-state index in [0.29, 0.717) is 11.7 Å². The predicted octanol–water partition coefficient (Wildman–Crippen LogP) is 4.20. The van der Waals surface area contributed by atoms with Crippen LogP contribution in [0.5, 0.6) is 0 Å². The van der Waals surface area contributed by atoms with Gasteiger partial charge < -0.3 is 4.90 Å². The molecular weight excluding hydrogens is 450 g/mol. The number of thiazole rings is 1. The van der Waals surface area contributed by atoms with Gasteiger partial charge in [0.05, 0.1) is 12.2 Å². The number of hydrogen-bond donors (Lipinski definition) is 0. The largest absolute Gasteiger partial charge is 0.336 e. The third-order valence-electron chi connectivity index (χ3n) is 6.75. The first kappa shape index (κ1) is 22.6. The number of nitrogens with zero attached hydrogens (tertiary/aromatic N) is 5. The zero-order chi connectivity index (χ0) is 22.8.